The molecule has 1 aliphatic rings. The number of nitrogens with zero attached hydrogens (tertiary/aromatic N) is 2. The molecule has 0 spiro atoms. The molecule has 0 radical (unpaired) electrons. The van der Waals surface area contributed by atoms with E-state index in [0.29, 0.717) is 5.69 Å². The van der Waals surface area contributed by atoms with Gasteiger partial charge in [0.1, 0.15) is 5.82 Å². The highest BCUT2D eigenvalue weighted by atomic mass is 79.9. The molecule has 3 N–H and O–H groups in total. The molecule has 0 bridgehead atoms. The van der Waals surface area contributed by atoms with Crippen LogP contribution in [0.4, 0.5) is 5.82 Å². The molecule has 1 aromatic carbocycles. The van der Waals surface area contributed by atoms with E-state index in [2.05, 4.69) is 52.3 Å². The molecule has 0 aliphatic carbocycles. The number of halogens is 1. The second-order valence-electron chi connectivity index (χ2n) is 6.06. The lowest BCUT2D eigenvalue weighted by molar-refractivity contribution is 0.555. The van der Waals surface area contributed by atoms with E-state index in [9.17, 15) is 0 Å². The quantitative estimate of drug-likeness (QED) is 0.514. The summed E-state index contributed by atoms with van der Waals surface area (Å²) in [6.45, 7) is 4.23. The first-order valence-electron chi connectivity index (χ1n) is 7.88. The van der Waals surface area contributed by atoms with Gasteiger partial charge in [-0.15, -0.1) is 11.8 Å². The zero-order valence-corrected chi connectivity index (χ0v) is 16.7. The van der Waals surface area contributed by atoms with Gasteiger partial charge in [-0.3, -0.25) is 15.5 Å². The third-order valence-corrected chi connectivity index (χ3v) is 6.16. The maximum absolute atomic E-state index is 8.15. The Morgan fingerprint density at radius 3 is 2.96 bits per heavy atom. The van der Waals surface area contributed by atoms with Crippen LogP contribution in [0.15, 0.2) is 22.7 Å². The lowest BCUT2D eigenvalue weighted by Gasteiger charge is -2.18. The Labute approximate surface area is 159 Å². The maximum atomic E-state index is 8.15. The SMILES string of the molecule is Cc1cc(Br)ccc1C1SCC(C)Nc2c1c(C(=N)OC=N)nn2C. The summed E-state index contributed by atoms with van der Waals surface area (Å²) in [6.07, 6.45) is 0.767. The predicted octanol–water partition coefficient (Wildman–Crippen LogP) is 4.08. The van der Waals surface area contributed by atoms with Gasteiger partial charge in [0.2, 0.25) is 5.90 Å². The number of thioether (sulfide) groups is 1. The molecular formula is C17H20BrN5OS. The molecular weight excluding hydrogens is 402 g/mol. The number of hydrogen-bond donors (Lipinski definition) is 3. The molecule has 0 saturated carbocycles. The topological polar surface area (TPSA) is 86.8 Å². The monoisotopic (exact) mass is 421 g/mol. The maximum Gasteiger partial charge on any atom is 0.241 e. The predicted molar refractivity (Wildman–Crippen MR) is 106 cm³/mol. The van der Waals surface area contributed by atoms with Gasteiger partial charge >= 0.3 is 0 Å². The fourth-order valence-corrected chi connectivity index (χ4v) is 4.89. The molecule has 132 valence electrons. The third-order valence-electron chi connectivity index (χ3n) is 4.15. The van der Waals surface area contributed by atoms with E-state index in [1.807, 2.05) is 24.9 Å². The van der Waals surface area contributed by atoms with Crippen molar-refractivity contribution in [1.82, 2.24) is 9.78 Å². The van der Waals surface area contributed by atoms with Gasteiger partial charge in [-0.2, -0.15) is 5.10 Å². The van der Waals surface area contributed by atoms with Crippen LogP contribution in [-0.4, -0.2) is 33.9 Å². The summed E-state index contributed by atoms with van der Waals surface area (Å²) in [5.74, 6) is 1.73. The zero-order chi connectivity index (χ0) is 18.1. The van der Waals surface area contributed by atoms with Crippen LogP contribution in [0.25, 0.3) is 0 Å². The lowest BCUT2D eigenvalue weighted by Crippen LogP contribution is -2.18. The number of rotatable bonds is 3. The van der Waals surface area contributed by atoms with Crippen molar-refractivity contribution in [2.75, 3.05) is 11.1 Å². The first-order chi connectivity index (χ1) is 11.9. The highest BCUT2D eigenvalue weighted by molar-refractivity contribution is 9.10. The van der Waals surface area contributed by atoms with Gasteiger partial charge in [-0.05, 0) is 37.1 Å². The van der Waals surface area contributed by atoms with E-state index in [0.717, 1.165) is 28.0 Å². The van der Waals surface area contributed by atoms with Gasteiger partial charge < -0.3 is 10.1 Å². The van der Waals surface area contributed by atoms with Crippen molar-refractivity contribution >= 4 is 45.8 Å². The van der Waals surface area contributed by atoms with Gasteiger partial charge in [-0.25, -0.2) is 0 Å². The Morgan fingerprint density at radius 2 is 2.28 bits per heavy atom. The zero-order valence-electron chi connectivity index (χ0n) is 14.3. The van der Waals surface area contributed by atoms with E-state index in [1.165, 1.54) is 11.1 Å². The fourth-order valence-electron chi connectivity index (χ4n) is 3.02. The lowest BCUT2D eigenvalue weighted by atomic mass is 9.99. The minimum absolute atomic E-state index is 0.0407. The molecule has 3 rings (SSSR count). The molecule has 25 heavy (non-hydrogen) atoms. The number of anilines is 1. The smallest absolute Gasteiger partial charge is 0.241 e. The van der Waals surface area contributed by atoms with Crippen molar-refractivity contribution in [1.29, 1.82) is 10.8 Å². The second-order valence-corrected chi connectivity index (χ2v) is 8.11. The summed E-state index contributed by atoms with van der Waals surface area (Å²) in [6, 6.07) is 6.55. The Balaban J connectivity index is 2.19. The average molecular weight is 422 g/mol. The fraction of sp³-hybridized carbons (Fsp3) is 0.353. The molecule has 2 unspecified atom stereocenters. The molecule has 1 aliphatic heterocycles. The third kappa shape index (κ3) is 3.46. The van der Waals surface area contributed by atoms with Gasteiger partial charge in [0.25, 0.3) is 0 Å². The van der Waals surface area contributed by atoms with E-state index in [4.69, 9.17) is 15.6 Å². The molecule has 2 aromatic rings. The number of nitrogens with one attached hydrogen (secondary N) is 3. The van der Waals surface area contributed by atoms with Crippen LogP contribution in [0, 0.1) is 17.7 Å². The highest BCUT2D eigenvalue weighted by Gasteiger charge is 2.32. The average Bonchev–Trinajstić information content (AvgIpc) is 2.76. The standard InChI is InChI=1S/C17H20BrN5OS/c1-9-6-11(18)4-5-12(9)15-13-14(16(20)24-8-19)22-23(3)17(13)21-10(2)7-25-15/h4-6,8,10,15,19-21H,7H2,1-3H3. The Morgan fingerprint density at radius 1 is 1.52 bits per heavy atom. The summed E-state index contributed by atoms with van der Waals surface area (Å²) in [7, 11) is 1.86. The molecule has 0 amide bonds. The van der Waals surface area contributed by atoms with E-state index >= 15 is 0 Å². The van der Waals surface area contributed by atoms with E-state index < -0.39 is 0 Å². The first-order valence-corrected chi connectivity index (χ1v) is 9.72. The minimum atomic E-state index is -0.108. The van der Waals surface area contributed by atoms with Crippen LogP contribution in [0.5, 0.6) is 0 Å². The van der Waals surface area contributed by atoms with Crippen molar-refractivity contribution in [2.24, 2.45) is 7.05 Å². The summed E-state index contributed by atoms with van der Waals surface area (Å²) in [5.41, 5.74) is 3.79. The molecule has 8 heteroatoms. The Kier molecular flexibility index (Phi) is 5.19. The van der Waals surface area contributed by atoms with Crippen LogP contribution in [0.1, 0.15) is 34.6 Å². The van der Waals surface area contributed by atoms with Gasteiger partial charge in [0, 0.05) is 28.9 Å². The van der Waals surface area contributed by atoms with Crippen LogP contribution in [0.2, 0.25) is 0 Å². The Hall–Kier alpha value is -1.80. The van der Waals surface area contributed by atoms with Crippen LogP contribution >= 0.6 is 27.7 Å². The second kappa shape index (κ2) is 7.21. The van der Waals surface area contributed by atoms with Gasteiger partial charge in [0.05, 0.1) is 5.25 Å². The van der Waals surface area contributed by atoms with Crippen molar-refractivity contribution in [3.63, 3.8) is 0 Å². The molecule has 2 heterocycles. The van der Waals surface area contributed by atoms with Crippen molar-refractivity contribution in [3.05, 3.63) is 45.1 Å². The number of ether oxygens (including phenoxy) is 1. The summed E-state index contributed by atoms with van der Waals surface area (Å²) in [4.78, 5) is 0. The molecule has 6 nitrogen and oxygen atoms in total. The normalized spacial score (nSPS) is 19.5. The largest absolute Gasteiger partial charge is 0.426 e. The van der Waals surface area contributed by atoms with Crippen LogP contribution in [-0.2, 0) is 11.8 Å². The summed E-state index contributed by atoms with van der Waals surface area (Å²) >= 11 is 5.36. The summed E-state index contributed by atoms with van der Waals surface area (Å²) < 4.78 is 7.82. The highest BCUT2D eigenvalue weighted by Crippen LogP contribution is 2.45. The molecule has 1 aromatic heterocycles. The van der Waals surface area contributed by atoms with Crippen molar-refractivity contribution < 1.29 is 4.74 Å². The van der Waals surface area contributed by atoms with Crippen molar-refractivity contribution in [3.8, 4) is 0 Å². The van der Waals surface area contributed by atoms with Crippen LogP contribution in [0.3, 0.4) is 0 Å². The molecule has 2 atom stereocenters. The minimum Gasteiger partial charge on any atom is -0.426 e. The number of benzene rings is 1. The van der Waals surface area contributed by atoms with Gasteiger partial charge in [0.15, 0.2) is 12.1 Å². The van der Waals surface area contributed by atoms with E-state index in [1.54, 1.807) is 4.68 Å². The van der Waals surface area contributed by atoms with E-state index in [-0.39, 0.29) is 17.2 Å². The Bertz CT molecular complexity index is 835. The van der Waals surface area contributed by atoms with Crippen molar-refractivity contribution in [2.45, 2.75) is 25.1 Å². The summed E-state index contributed by atoms with van der Waals surface area (Å²) in [5, 5.41) is 23.3. The van der Waals surface area contributed by atoms with Gasteiger partial charge in [-0.1, -0.05) is 22.0 Å². The first kappa shape index (κ1) is 18.0. The van der Waals surface area contributed by atoms with Crippen LogP contribution < -0.4 is 5.32 Å². The number of fused-ring (bicyclic) bond motifs is 1. The number of aryl methyl sites for hydroxylation is 2. The molecule has 0 saturated heterocycles. The number of hydrogen-bond acceptors (Lipinski definition) is 6. The molecule has 0 fully saturated rings. The number of aromatic nitrogens is 2.